The number of aliphatic hydroxyl groups excluding tert-OH is 3. The summed E-state index contributed by atoms with van der Waals surface area (Å²) in [6.07, 6.45) is -1.50. The number of hydrogen-bond acceptors (Lipinski definition) is 9. The Kier molecular flexibility index (Phi) is 4.92. The lowest BCUT2D eigenvalue weighted by atomic mass is 9.57. The number of likely N-dealkylation sites (N-methyl/N-ethyl adjacent to an activating group) is 2. The van der Waals surface area contributed by atoms with Crippen molar-refractivity contribution in [2.45, 2.75) is 24.2 Å². The van der Waals surface area contributed by atoms with Crippen molar-refractivity contribution < 1.29 is 39.9 Å². The van der Waals surface area contributed by atoms with Gasteiger partial charge in [-0.3, -0.25) is 19.3 Å². The summed E-state index contributed by atoms with van der Waals surface area (Å²) in [6.45, 7) is 0. The molecule has 6 N–H and O–H groups in total. The second kappa shape index (κ2) is 7.16. The summed E-state index contributed by atoms with van der Waals surface area (Å²) in [6, 6.07) is 3.22. The highest BCUT2D eigenvalue weighted by atomic mass is 16.4. The molecule has 10 nitrogen and oxygen atoms in total. The van der Waals surface area contributed by atoms with Crippen molar-refractivity contribution in [3.8, 4) is 5.75 Å². The van der Waals surface area contributed by atoms with Gasteiger partial charge in [0.05, 0.1) is 23.6 Å². The normalized spacial score (nSPS) is 31.9. The van der Waals surface area contributed by atoms with Gasteiger partial charge in [-0.05, 0) is 32.1 Å². The molecule has 10 heteroatoms. The number of phenols is 1. The summed E-state index contributed by atoms with van der Waals surface area (Å²) in [7, 11) is 4.26. The first kappa shape index (κ1) is 22.0. The zero-order chi connectivity index (χ0) is 23.7. The van der Waals surface area contributed by atoms with Gasteiger partial charge in [-0.2, -0.15) is 0 Å². The maximum atomic E-state index is 13.3. The predicted octanol–water partition coefficient (Wildman–Crippen LogP) is -0.648. The maximum Gasteiger partial charge on any atom is 0.258 e. The highest BCUT2D eigenvalue weighted by Crippen LogP contribution is 2.52. The van der Waals surface area contributed by atoms with E-state index in [0.29, 0.717) is 5.56 Å². The van der Waals surface area contributed by atoms with Crippen molar-refractivity contribution >= 4 is 17.5 Å². The molecule has 0 heterocycles. The van der Waals surface area contributed by atoms with Crippen LogP contribution >= 0.6 is 0 Å². The van der Waals surface area contributed by atoms with E-state index in [1.165, 1.54) is 32.1 Å². The maximum absolute atomic E-state index is 13.3. The number of nitrogens with zero attached hydrogens (tertiary/aromatic N) is 1. The van der Waals surface area contributed by atoms with Crippen LogP contribution in [0.5, 0.6) is 5.75 Å². The molecule has 1 aromatic rings. The van der Waals surface area contributed by atoms with E-state index in [2.05, 4.69) is 5.32 Å². The Hall–Kier alpha value is -3.21. The number of carbonyl (C=O) groups excluding carboxylic acids is 3. The number of ketones is 2. The SMILES string of the molecule is CNC(=O)C1=C(O)[C@@H](N(C)C)[C@@H]2[C@H](O)[C@@H]3Cc4cccc(O)c4C(=O)C3=C(O)[C@]2(O)C1=O. The topological polar surface area (TPSA) is 168 Å². The Bertz CT molecular complexity index is 1120. The third-order valence-corrected chi connectivity index (χ3v) is 6.75. The molecule has 3 aliphatic carbocycles. The highest BCUT2D eigenvalue weighted by molar-refractivity contribution is 6.25. The Morgan fingerprint density at radius 3 is 2.44 bits per heavy atom. The number of hydrogen-bond donors (Lipinski definition) is 6. The molecule has 1 amide bonds. The standard InChI is InChI=1S/C22H24N2O8/c1-23-21(31)13-18(28)15(24(2)3)14-16(26)9-7-8-5-4-6-10(25)11(8)17(27)12(9)19(29)22(14,32)20(13)30/h4-6,9,14-16,25-26,28-29,32H,7H2,1-3H3,(H,23,31)/t9-,14-,15+,16-,22+/m1/s1. The summed E-state index contributed by atoms with van der Waals surface area (Å²) in [5.41, 5.74) is -3.65. The first-order chi connectivity index (χ1) is 15.0. The van der Waals surface area contributed by atoms with Crippen molar-refractivity contribution in [1.82, 2.24) is 10.2 Å². The molecule has 0 saturated heterocycles. The van der Waals surface area contributed by atoms with E-state index in [1.54, 1.807) is 12.1 Å². The molecule has 0 aliphatic heterocycles. The summed E-state index contributed by atoms with van der Waals surface area (Å²) in [5.74, 6) is -7.58. The number of amides is 1. The number of phenolic OH excluding ortho intramolecular Hbond substituents is 1. The fourth-order valence-electron chi connectivity index (χ4n) is 5.31. The average Bonchev–Trinajstić information content (AvgIpc) is 2.73. The van der Waals surface area contributed by atoms with Gasteiger partial charge in [0.15, 0.2) is 11.4 Å². The van der Waals surface area contributed by atoms with E-state index in [-0.39, 0.29) is 17.7 Å². The predicted molar refractivity (Wildman–Crippen MR) is 110 cm³/mol. The van der Waals surface area contributed by atoms with Crippen LogP contribution in [0.1, 0.15) is 15.9 Å². The number of benzene rings is 1. The molecule has 1 aromatic carbocycles. The molecule has 0 bridgehead atoms. The second-order valence-corrected chi connectivity index (χ2v) is 8.57. The molecule has 0 saturated carbocycles. The van der Waals surface area contributed by atoms with Crippen molar-refractivity contribution in [3.05, 3.63) is 52.0 Å². The Labute approximate surface area is 183 Å². The molecule has 5 atom stereocenters. The lowest BCUT2D eigenvalue weighted by Crippen LogP contribution is -2.68. The Balaban J connectivity index is 2.01. The number of aromatic hydroxyl groups is 1. The van der Waals surface area contributed by atoms with Crippen LogP contribution in [-0.4, -0.2) is 86.8 Å². The molecule has 0 radical (unpaired) electrons. The van der Waals surface area contributed by atoms with Crippen LogP contribution < -0.4 is 5.32 Å². The molecular formula is C22H24N2O8. The lowest BCUT2D eigenvalue weighted by molar-refractivity contribution is -0.161. The lowest BCUT2D eigenvalue weighted by Gasteiger charge is -2.52. The zero-order valence-electron chi connectivity index (χ0n) is 17.7. The molecule has 32 heavy (non-hydrogen) atoms. The van der Waals surface area contributed by atoms with Crippen molar-refractivity contribution in [2.75, 3.05) is 21.1 Å². The van der Waals surface area contributed by atoms with Crippen molar-refractivity contribution in [3.63, 3.8) is 0 Å². The first-order valence-electron chi connectivity index (χ1n) is 10.0. The molecule has 170 valence electrons. The van der Waals surface area contributed by atoms with Crippen LogP contribution in [-0.2, 0) is 16.0 Å². The summed E-state index contributed by atoms with van der Waals surface area (Å²) < 4.78 is 0. The van der Waals surface area contributed by atoms with Gasteiger partial charge in [-0.15, -0.1) is 0 Å². The fraction of sp³-hybridized carbons (Fsp3) is 0.409. The van der Waals surface area contributed by atoms with Crippen LogP contribution in [0.15, 0.2) is 40.9 Å². The smallest absolute Gasteiger partial charge is 0.258 e. The van der Waals surface area contributed by atoms with Crippen LogP contribution in [0.3, 0.4) is 0 Å². The van der Waals surface area contributed by atoms with Crippen LogP contribution in [0.4, 0.5) is 0 Å². The monoisotopic (exact) mass is 444 g/mol. The number of rotatable bonds is 2. The summed E-state index contributed by atoms with van der Waals surface area (Å²) in [5, 5.41) is 57.2. The van der Waals surface area contributed by atoms with E-state index in [1.807, 2.05) is 0 Å². The average molecular weight is 444 g/mol. The summed E-state index contributed by atoms with van der Waals surface area (Å²) in [4.78, 5) is 40.3. The number of carbonyl (C=O) groups is 3. The number of Topliss-reactive ketones (excluding diaryl/α,β-unsaturated/α-hetero) is 2. The van der Waals surface area contributed by atoms with Gasteiger partial charge in [0.2, 0.25) is 5.78 Å². The Morgan fingerprint density at radius 2 is 1.84 bits per heavy atom. The van der Waals surface area contributed by atoms with E-state index >= 15 is 0 Å². The van der Waals surface area contributed by atoms with Crippen molar-refractivity contribution in [2.24, 2.45) is 11.8 Å². The molecule has 0 spiro atoms. The van der Waals surface area contributed by atoms with E-state index < -0.39 is 69.7 Å². The molecule has 0 unspecified atom stereocenters. The number of nitrogens with one attached hydrogen (secondary N) is 1. The molecule has 0 fully saturated rings. The minimum atomic E-state index is -2.84. The summed E-state index contributed by atoms with van der Waals surface area (Å²) >= 11 is 0. The quantitative estimate of drug-likeness (QED) is 0.325. The van der Waals surface area contributed by atoms with E-state index in [9.17, 15) is 39.9 Å². The van der Waals surface area contributed by atoms with Gasteiger partial charge < -0.3 is 30.8 Å². The number of aliphatic hydroxyl groups is 4. The fourth-order valence-corrected chi connectivity index (χ4v) is 5.31. The minimum Gasteiger partial charge on any atom is -0.510 e. The van der Waals surface area contributed by atoms with Gasteiger partial charge >= 0.3 is 0 Å². The Morgan fingerprint density at radius 1 is 1.19 bits per heavy atom. The first-order valence-corrected chi connectivity index (χ1v) is 10.0. The zero-order valence-corrected chi connectivity index (χ0v) is 17.7. The second-order valence-electron chi connectivity index (χ2n) is 8.57. The molecule has 3 aliphatic rings. The van der Waals surface area contributed by atoms with Gasteiger partial charge in [-0.25, -0.2) is 0 Å². The van der Waals surface area contributed by atoms with Crippen LogP contribution in [0.25, 0.3) is 0 Å². The van der Waals surface area contributed by atoms with Gasteiger partial charge in [0.25, 0.3) is 5.91 Å². The van der Waals surface area contributed by atoms with Crippen molar-refractivity contribution in [1.29, 1.82) is 0 Å². The minimum absolute atomic E-state index is 0.0454. The number of fused-ring (bicyclic) bond motifs is 3. The third-order valence-electron chi connectivity index (χ3n) is 6.75. The van der Waals surface area contributed by atoms with Gasteiger partial charge in [-0.1, -0.05) is 12.1 Å². The van der Waals surface area contributed by atoms with E-state index in [0.717, 1.165) is 0 Å². The molecular weight excluding hydrogens is 420 g/mol. The largest absolute Gasteiger partial charge is 0.510 e. The molecule has 0 aromatic heterocycles. The molecule has 4 rings (SSSR count). The van der Waals surface area contributed by atoms with Gasteiger partial charge in [0.1, 0.15) is 22.8 Å². The van der Waals surface area contributed by atoms with E-state index in [4.69, 9.17) is 0 Å². The van der Waals surface area contributed by atoms with Gasteiger partial charge in [0, 0.05) is 18.5 Å². The third kappa shape index (κ3) is 2.60. The van der Waals surface area contributed by atoms with Crippen LogP contribution in [0.2, 0.25) is 0 Å². The highest BCUT2D eigenvalue weighted by Gasteiger charge is 2.66. The van der Waals surface area contributed by atoms with Crippen LogP contribution in [0, 0.1) is 11.8 Å².